The summed E-state index contributed by atoms with van der Waals surface area (Å²) in [6.07, 6.45) is 1.59. The van der Waals surface area contributed by atoms with Crippen LogP contribution in [0.15, 0.2) is 30.3 Å². The fourth-order valence-corrected chi connectivity index (χ4v) is 2.03. The number of hydrogen-bond donors (Lipinski definition) is 2. The highest BCUT2D eigenvalue weighted by molar-refractivity contribution is 5.94. The maximum absolute atomic E-state index is 12.0. The van der Waals surface area contributed by atoms with Crippen molar-refractivity contribution >= 4 is 5.91 Å². The summed E-state index contributed by atoms with van der Waals surface area (Å²) in [6.45, 7) is 1.84. The van der Waals surface area contributed by atoms with Gasteiger partial charge in [-0.2, -0.15) is 0 Å². The average Bonchev–Trinajstić information content (AvgIpc) is 2.34. The van der Waals surface area contributed by atoms with E-state index < -0.39 is 5.66 Å². The van der Waals surface area contributed by atoms with Gasteiger partial charge in [0.25, 0.3) is 5.91 Å². The van der Waals surface area contributed by atoms with E-state index in [1.54, 1.807) is 12.1 Å². The van der Waals surface area contributed by atoms with Crippen molar-refractivity contribution < 1.29 is 4.79 Å². The molecule has 1 aromatic carbocycles. The predicted molar refractivity (Wildman–Crippen MR) is 67.6 cm³/mol. The maximum atomic E-state index is 12.0. The highest BCUT2D eigenvalue weighted by Gasteiger charge is 2.31. The van der Waals surface area contributed by atoms with Crippen LogP contribution in [0.5, 0.6) is 0 Å². The molecule has 4 heteroatoms. The lowest BCUT2D eigenvalue weighted by Gasteiger charge is -2.38. The number of amides is 1. The molecule has 1 heterocycles. The molecule has 2 rings (SSSR count). The van der Waals surface area contributed by atoms with E-state index in [0.717, 1.165) is 25.9 Å². The second-order valence-corrected chi connectivity index (χ2v) is 4.78. The minimum atomic E-state index is -0.556. The molecule has 3 N–H and O–H groups in total. The van der Waals surface area contributed by atoms with Gasteiger partial charge in [0.15, 0.2) is 0 Å². The molecule has 0 spiro atoms. The van der Waals surface area contributed by atoms with E-state index in [1.165, 1.54) is 0 Å². The molecule has 1 saturated heterocycles. The maximum Gasteiger partial charge on any atom is 0.252 e. The molecular weight excluding hydrogens is 214 g/mol. The molecule has 1 amide bonds. The first-order chi connectivity index (χ1) is 8.09. The van der Waals surface area contributed by atoms with Crippen molar-refractivity contribution in [2.45, 2.75) is 18.5 Å². The number of benzene rings is 1. The van der Waals surface area contributed by atoms with Crippen LogP contribution in [0.1, 0.15) is 23.2 Å². The van der Waals surface area contributed by atoms with Gasteiger partial charge in [0.05, 0.1) is 5.66 Å². The van der Waals surface area contributed by atoms with Gasteiger partial charge < -0.3 is 16.0 Å². The Kier molecular flexibility index (Phi) is 3.45. The van der Waals surface area contributed by atoms with Crippen LogP contribution in [0.3, 0.4) is 0 Å². The Hall–Kier alpha value is -1.39. The van der Waals surface area contributed by atoms with Crippen molar-refractivity contribution in [2.75, 3.05) is 20.1 Å². The highest BCUT2D eigenvalue weighted by Crippen LogP contribution is 2.16. The molecule has 0 aliphatic carbocycles. The Labute approximate surface area is 102 Å². The summed E-state index contributed by atoms with van der Waals surface area (Å²) in [5, 5.41) is 2.94. The molecule has 0 radical (unpaired) electrons. The molecule has 0 bridgehead atoms. The first-order valence-electron chi connectivity index (χ1n) is 5.94. The summed E-state index contributed by atoms with van der Waals surface area (Å²) in [4.78, 5) is 14.2. The molecule has 1 aliphatic rings. The van der Waals surface area contributed by atoms with Gasteiger partial charge in [-0.1, -0.05) is 18.2 Å². The number of carbonyl (C=O) groups is 1. The largest absolute Gasteiger partial charge is 0.334 e. The molecule has 0 unspecified atom stereocenters. The Morgan fingerprint density at radius 1 is 1.29 bits per heavy atom. The summed E-state index contributed by atoms with van der Waals surface area (Å²) in [5.74, 6) is -0.0855. The monoisotopic (exact) mass is 233 g/mol. The van der Waals surface area contributed by atoms with E-state index in [-0.39, 0.29) is 5.91 Å². The zero-order chi connectivity index (χ0) is 12.3. The van der Waals surface area contributed by atoms with E-state index in [0.29, 0.717) is 5.56 Å². The number of rotatable bonds is 2. The van der Waals surface area contributed by atoms with Crippen LogP contribution >= 0.6 is 0 Å². The van der Waals surface area contributed by atoms with Crippen molar-refractivity contribution in [1.82, 2.24) is 10.2 Å². The van der Waals surface area contributed by atoms with Gasteiger partial charge in [0, 0.05) is 18.7 Å². The summed E-state index contributed by atoms with van der Waals surface area (Å²) in [7, 11) is 2.07. The van der Waals surface area contributed by atoms with Crippen molar-refractivity contribution in [3.05, 3.63) is 35.9 Å². The molecule has 0 aromatic heterocycles. The molecule has 0 atom stereocenters. The van der Waals surface area contributed by atoms with Gasteiger partial charge >= 0.3 is 0 Å². The van der Waals surface area contributed by atoms with E-state index in [1.807, 2.05) is 18.2 Å². The Morgan fingerprint density at radius 2 is 1.88 bits per heavy atom. The fourth-order valence-electron chi connectivity index (χ4n) is 2.03. The Morgan fingerprint density at radius 3 is 2.47 bits per heavy atom. The summed E-state index contributed by atoms with van der Waals surface area (Å²) < 4.78 is 0. The number of nitrogens with two attached hydrogens (primary N) is 1. The number of likely N-dealkylation sites (tertiary alicyclic amines) is 1. The predicted octanol–water partition coefficient (Wildman–Crippen LogP) is 0.797. The third-order valence-electron chi connectivity index (χ3n) is 3.28. The molecule has 1 aliphatic heterocycles. The highest BCUT2D eigenvalue weighted by atomic mass is 16.1. The first-order valence-corrected chi connectivity index (χ1v) is 5.94. The van der Waals surface area contributed by atoms with Crippen LogP contribution in [0.2, 0.25) is 0 Å². The quantitative estimate of drug-likeness (QED) is 0.743. The molecule has 17 heavy (non-hydrogen) atoms. The zero-order valence-electron chi connectivity index (χ0n) is 10.1. The van der Waals surface area contributed by atoms with Gasteiger partial charge in [-0.3, -0.25) is 4.79 Å². The third-order valence-corrected chi connectivity index (χ3v) is 3.28. The number of carbonyl (C=O) groups excluding carboxylic acids is 1. The third kappa shape index (κ3) is 3.05. The smallest absolute Gasteiger partial charge is 0.252 e. The van der Waals surface area contributed by atoms with E-state index in [9.17, 15) is 4.79 Å². The molecule has 92 valence electrons. The lowest BCUT2D eigenvalue weighted by atomic mass is 9.97. The minimum Gasteiger partial charge on any atom is -0.334 e. The molecule has 1 fully saturated rings. The van der Waals surface area contributed by atoms with Crippen LogP contribution in [0.25, 0.3) is 0 Å². The lowest BCUT2D eigenvalue weighted by molar-refractivity contribution is 0.0838. The second kappa shape index (κ2) is 4.85. The van der Waals surface area contributed by atoms with Gasteiger partial charge in [-0.15, -0.1) is 0 Å². The normalized spacial score (nSPS) is 19.9. The molecule has 0 saturated carbocycles. The van der Waals surface area contributed by atoms with Crippen LogP contribution in [0, 0.1) is 0 Å². The average molecular weight is 233 g/mol. The van der Waals surface area contributed by atoms with Crippen molar-refractivity contribution in [3.8, 4) is 0 Å². The SMILES string of the molecule is CN1CCC(N)(NC(=O)c2ccccc2)CC1. The van der Waals surface area contributed by atoms with E-state index >= 15 is 0 Å². The van der Waals surface area contributed by atoms with Crippen molar-refractivity contribution in [2.24, 2.45) is 5.73 Å². The van der Waals surface area contributed by atoms with E-state index in [4.69, 9.17) is 5.73 Å². The molecular formula is C13H19N3O. The lowest BCUT2D eigenvalue weighted by Crippen LogP contribution is -2.60. The summed E-state index contributed by atoms with van der Waals surface area (Å²) in [5.41, 5.74) is 6.31. The zero-order valence-corrected chi connectivity index (χ0v) is 10.1. The minimum absolute atomic E-state index is 0.0855. The van der Waals surface area contributed by atoms with Gasteiger partial charge in [-0.05, 0) is 32.0 Å². The number of nitrogens with one attached hydrogen (secondary N) is 1. The number of nitrogens with zero attached hydrogens (tertiary/aromatic N) is 1. The van der Waals surface area contributed by atoms with Crippen molar-refractivity contribution in [1.29, 1.82) is 0 Å². The topological polar surface area (TPSA) is 58.4 Å². The molecule has 4 nitrogen and oxygen atoms in total. The van der Waals surface area contributed by atoms with Crippen LogP contribution in [0.4, 0.5) is 0 Å². The Balaban J connectivity index is 1.99. The van der Waals surface area contributed by atoms with Crippen LogP contribution in [-0.4, -0.2) is 36.6 Å². The van der Waals surface area contributed by atoms with E-state index in [2.05, 4.69) is 17.3 Å². The van der Waals surface area contributed by atoms with Crippen LogP contribution in [-0.2, 0) is 0 Å². The van der Waals surface area contributed by atoms with Gasteiger partial charge in [0.2, 0.25) is 0 Å². The number of piperidine rings is 1. The number of hydrogen-bond acceptors (Lipinski definition) is 3. The van der Waals surface area contributed by atoms with Crippen LogP contribution < -0.4 is 11.1 Å². The fraction of sp³-hybridized carbons (Fsp3) is 0.462. The van der Waals surface area contributed by atoms with Crippen molar-refractivity contribution in [3.63, 3.8) is 0 Å². The second-order valence-electron chi connectivity index (χ2n) is 4.78. The standard InChI is InChI=1S/C13H19N3O/c1-16-9-7-13(14,8-10-16)15-12(17)11-5-3-2-4-6-11/h2-6H,7-10,14H2,1H3,(H,15,17). The van der Waals surface area contributed by atoms with Gasteiger partial charge in [-0.25, -0.2) is 0 Å². The summed E-state index contributed by atoms with van der Waals surface area (Å²) in [6, 6.07) is 9.20. The molecule has 1 aromatic rings. The first kappa shape index (κ1) is 12.1. The Bertz CT molecular complexity index is 383. The van der Waals surface area contributed by atoms with Gasteiger partial charge in [0.1, 0.15) is 0 Å². The summed E-state index contributed by atoms with van der Waals surface area (Å²) >= 11 is 0.